The lowest BCUT2D eigenvalue weighted by Gasteiger charge is -2.26. The Bertz CT molecular complexity index is 655. The highest BCUT2D eigenvalue weighted by molar-refractivity contribution is 7.91. The summed E-state index contributed by atoms with van der Waals surface area (Å²) in [6, 6.07) is 3.47. The van der Waals surface area contributed by atoms with Crippen molar-refractivity contribution in [2.24, 2.45) is 0 Å². The Kier molecular flexibility index (Phi) is 5.94. The highest BCUT2D eigenvalue weighted by Gasteiger charge is 2.27. The number of sulfonamides is 1. The predicted octanol–water partition coefficient (Wildman–Crippen LogP) is 2.87. The van der Waals surface area contributed by atoms with Crippen molar-refractivity contribution in [1.82, 2.24) is 9.21 Å². The van der Waals surface area contributed by atoms with Gasteiger partial charge in [0.05, 0.1) is 6.42 Å². The van der Waals surface area contributed by atoms with Gasteiger partial charge in [-0.1, -0.05) is 12.8 Å². The Morgan fingerprint density at radius 3 is 2.17 bits per heavy atom. The minimum Gasteiger partial charge on any atom is -0.342 e. The molecule has 2 aliphatic heterocycles. The van der Waals surface area contributed by atoms with Gasteiger partial charge in [0.25, 0.3) is 10.0 Å². The first-order valence-corrected chi connectivity index (χ1v) is 11.2. The first-order valence-electron chi connectivity index (χ1n) is 8.94. The molecule has 24 heavy (non-hydrogen) atoms. The van der Waals surface area contributed by atoms with Crippen LogP contribution in [-0.4, -0.2) is 49.7 Å². The second-order valence-electron chi connectivity index (χ2n) is 6.66. The van der Waals surface area contributed by atoms with Crippen LogP contribution in [0.25, 0.3) is 0 Å². The quantitative estimate of drug-likeness (QED) is 0.819. The predicted molar refractivity (Wildman–Crippen MR) is 95.7 cm³/mol. The molecule has 3 heterocycles. The highest BCUT2D eigenvalue weighted by Crippen LogP contribution is 2.27. The van der Waals surface area contributed by atoms with Crippen molar-refractivity contribution in [3.8, 4) is 0 Å². The Morgan fingerprint density at radius 2 is 1.50 bits per heavy atom. The molecule has 0 spiro atoms. The number of hydrogen-bond donors (Lipinski definition) is 0. The van der Waals surface area contributed by atoms with Crippen molar-refractivity contribution in [3.63, 3.8) is 0 Å². The molecule has 7 heteroatoms. The van der Waals surface area contributed by atoms with Gasteiger partial charge >= 0.3 is 0 Å². The number of likely N-dealkylation sites (tertiary alicyclic amines) is 1. The van der Waals surface area contributed by atoms with Crippen molar-refractivity contribution in [3.05, 3.63) is 17.0 Å². The molecule has 3 rings (SSSR count). The summed E-state index contributed by atoms with van der Waals surface area (Å²) in [5, 5.41) is 0. The molecule has 0 N–H and O–H groups in total. The smallest absolute Gasteiger partial charge is 0.252 e. The van der Waals surface area contributed by atoms with Crippen LogP contribution in [0.15, 0.2) is 16.3 Å². The molecule has 2 fully saturated rings. The van der Waals surface area contributed by atoms with E-state index < -0.39 is 10.0 Å². The van der Waals surface area contributed by atoms with E-state index in [1.807, 2.05) is 4.90 Å². The van der Waals surface area contributed by atoms with Crippen LogP contribution in [0.3, 0.4) is 0 Å². The summed E-state index contributed by atoms with van der Waals surface area (Å²) in [5.41, 5.74) is 0. The van der Waals surface area contributed by atoms with Crippen LogP contribution in [0.4, 0.5) is 0 Å². The maximum Gasteiger partial charge on any atom is 0.252 e. The fourth-order valence-corrected chi connectivity index (χ4v) is 6.42. The average Bonchev–Trinajstić information content (AvgIpc) is 2.89. The summed E-state index contributed by atoms with van der Waals surface area (Å²) >= 11 is 1.26. The third-order valence-electron chi connectivity index (χ3n) is 4.83. The lowest BCUT2D eigenvalue weighted by atomic mass is 10.1. The summed E-state index contributed by atoms with van der Waals surface area (Å²) in [6.07, 6.45) is 7.74. The Labute approximate surface area is 148 Å². The molecular formula is C17H26N2O3S2. The molecule has 1 amide bonds. The molecule has 1 aromatic heterocycles. The van der Waals surface area contributed by atoms with E-state index in [4.69, 9.17) is 0 Å². The topological polar surface area (TPSA) is 57.7 Å². The van der Waals surface area contributed by atoms with Gasteiger partial charge in [-0.3, -0.25) is 4.79 Å². The zero-order chi connectivity index (χ0) is 17.0. The molecule has 5 nitrogen and oxygen atoms in total. The van der Waals surface area contributed by atoms with Gasteiger partial charge in [0.2, 0.25) is 5.91 Å². The van der Waals surface area contributed by atoms with E-state index in [0.717, 1.165) is 56.5 Å². The zero-order valence-corrected chi connectivity index (χ0v) is 15.7. The van der Waals surface area contributed by atoms with Gasteiger partial charge in [-0.15, -0.1) is 11.3 Å². The maximum absolute atomic E-state index is 12.8. The Balaban J connectivity index is 1.66. The van der Waals surface area contributed by atoms with Crippen molar-refractivity contribution < 1.29 is 13.2 Å². The zero-order valence-electron chi connectivity index (χ0n) is 14.1. The van der Waals surface area contributed by atoms with Gasteiger partial charge in [0, 0.05) is 31.1 Å². The molecule has 134 valence electrons. The average molecular weight is 371 g/mol. The number of carbonyl (C=O) groups is 1. The Morgan fingerprint density at radius 1 is 0.917 bits per heavy atom. The summed E-state index contributed by atoms with van der Waals surface area (Å²) in [6.45, 7) is 2.90. The molecule has 0 aliphatic carbocycles. The molecule has 0 atom stereocenters. The molecule has 0 bridgehead atoms. The van der Waals surface area contributed by atoms with E-state index in [2.05, 4.69) is 0 Å². The minimum atomic E-state index is -3.40. The van der Waals surface area contributed by atoms with Gasteiger partial charge in [-0.05, 0) is 44.2 Å². The van der Waals surface area contributed by atoms with Crippen LogP contribution in [0.5, 0.6) is 0 Å². The van der Waals surface area contributed by atoms with E-state index >= 15 is 0 Å². The molecule has 2 saturated heterocycles. The van der Waals surface area contributed by atoms with E-state index in [-0.39, 0.29) is 5.91 Å². The summed E-state index contributed by atoms with van der Waals surface area (Å²) in [4.78, 5) is 15.1. The van der Waals surface area contributed by atoms with E-state index in [9.17, 15) is 13.2 Å². The fraction of sp³-hybridized carbons (Fsp3) is 0.706. The van der Waals surface area contributed by atoms with Crippen LogP contribution < -0.4 is 0 Å². The minimum absolute atomic E-state index is 0.121. The van der Waals surface area contributed by atoms with Crippen LogP contribution in [0.1, 0.15) is 49.8 Å². The first-order chi connectivity index (χ1) is 11.6. The highest BCUT2D eigenvalue weighted by atomic mass is 32.2. The van der Waals surface area contributed by atoms with Gasteiger partial charge in [0.15, 0.2) is 0 Å². The third kappa shape index (κ3) is 4.18. The van der Waals surface area contributed by atoms with Crippen molar-refractivity contribution >= 4 is 27.3 Å². The number of rotatable bonds is 4. The van der Waals surface area contributed by atoms with E-state index in [1.165, 1.54) is 17.8 Å². The Hall–Kier alpha value is -0.920. The van der Waals surface area contributed by atoms with Crippen molar-refractivity contribution in [2.45, 2.75) is 55.6 Å². The summed E-state index contributed by atoms with van der Waals surface area (Å²) < 4.78 is 27.6. The molecule has 1 aromatic rings. The van der Waals surface area contributed by atoms with Crippen LogP contribution >= 0.6 is 11.3 Å². The first kappa shape index (κ1) is 17.9. The SMILES string of the molecule is O=C(Cc1ccc(S(=O)(=O)N2CCCCCC2)s1)N1CCCCC1. The summed E-state index contributed by atoms with van der Waals surface area (Å²) in [5.74, 6) is 0.121. The van der Waals surface area contributed by atoms with E-state index in [1.54, 1.807) is 16.4 Å². The number of carbonyl (C=O) groups excluding carboxylic acids is 1. The maximum atomic E-state index is 12.8. The van der Waals surface area contributed by atoms with Gasteiger partial charge < -0.3 is 4.90 Å². The summed E-state index contributed by atoms with van der Waals surface area (Å²) in [7, 11) is -3.40. The van der Waals surface area contributed by atoms with E-state index in [0.29, 0.717) is 23.7 Å². The molecule has 0 radical (unpaired) electrons. The number of nitrogens with zero attached hydrogens (tertiary/aromatic N) is 2. The van der Waals surface area contributed by atoms with Gasteiger partial charge in [-0.25, -0.2) is 8.42 Å². The number of thiophene rings is 1. The fourth-order valence-electron chi connectivity index (χ4n) is 3.41. The molecule has 2 aliphatic rings. The standard InChI is InChI=1S/C17H26N2O3S2/c20-16(18-10-4-3-5-11-18)14-15-8-9-17(23-15)24(21,22)19-12-6-1-2-7-13-19/h8-9H,1-7,10-14H2. The molecule has 0 saturated carbocycles. The number of amides is 1. The molecular weight excluding hydrogens is 344 g/mol. The van der Waals surface area contributed by atoms with Crippen LogP contribution in [-0.2, 0) is 21.2 Å². The lowest BCUT2D eigenvalue weighted by molar-refractivity contribution is -0.131. The normalized spacial score (nSPS) is 20.8. The van der Waals surface area contributed by atoms with Crippen LogP contribution in [0.2, 0.25) is 0 Å². The van der Waals surface area contributed by atoms with Crippen LogP contribution in [0, 0.1) is 0 Å². The largest absolute Gasteiger partial charge is 0.342 e. The second kappa shape index (κ2) is 7.97. The van der Waals surface area contributed by atoms with Gasteiger partial charge in [0.1, 0.15) is 4.21 Å². The molecule has 0 aromatic carbocycles. The number of hydrogen-bond acceptors (Lipinski definition) is 4. The lowest BCUT2D eigenvalue weighted by Crippen LogP contribution is -2.36. The van der Waals surface area contributed by atoms with Crippen molar-refractivity contribution in [1.29, 1.82) is 0 Å². The third-order valence-corrected chi connectivity index (χ3v) is 8.28. The number of piperidine rings is 1. The second-order valence-corrected chi connectivity index (χ2v) is 9.99. The van der Waals surface area contributed by atoms with Gasteiger partial charge in [-0.2, -0.15) is 4.31 Å². The monoisotopic (exact) mass is 370 g/mol. The molecule has 0 unspecified atom stereocenters. The van der Waals surface area contributed by atoms with Crippen molar-refractivity contribution in [2.75, 3.05) is 26.2 Å².